The molecule has 0 bridgehead atoms. The minimum Gasteiger partial charge on any atom is -0.331 e. The van der Waals surface area contributed by atoms with E-state index in [0.29, 0.717) is 15.1 Å². The van der Waals surface area contributed by atoms with Gasteiger partial charge in [-0.3, -0.25) is 9.78 Å². The van der Waals surface area contributed by atoms with E-state index in [1.165, 1.54) is 0 Å². The van der Waals surface area contributed by atoms with Gasteiger partial charge >= 0.3 is 11.9 Å². The molecule has 4 rings (SSSR count). The highest BCUT2D eigenvalue weighted by atomic mass is 35.5. The lowest BCUT2D eigenvalue weighted by Gasteiger charge is -2.16. The normalized spacial score (nSPS) is 19.2. The molecule has 3 aromatic rings. The van der Waals surface area contributed by atoms with Gasteiger partial charge in [0.2, 0.25) is 0 Å². The minimum absolute atomic E-state index is 0.0382. The third-order valence-electron chi connectivity index (χ3n) is 4.91. The first-order chi connectivity index (χ1) is 15.0. The number of hydrogen-bond acceptors (Lipinski definition) is 4. The zero-order chi connectivity index (χ0) is 23.4. The first kappa shape index (κ1) is 22.1. The lowest BCUT2D eigenvalue weighted by molar-refractivity contribution is -0.136. The van der Waals surface area contributed by atoms with Crippen LogP contribution in [0.25, 0.3) is 5.65 Å². The van der Waals surface area contributed by atoms with Gasteiger partial charge in [-0.25, -0.2) is 27.0 Å². The summed E-state index contributed by atoms with van der Waals surface area (Å²) >= 11 is 5.61. The van der Waals surface area contributed by atoms with Crippen LogP contribution in [0, 0.1) is 5.82 Å². The summed E-state index contributed by atoms with van der Waals surface area (Å²) in [5, 5.41) is 3.59. The molecule has 3 aromatic heterocycles. The second-order valence-corrected chi connectivity index (χ2v) is 7.49. The van der Waals surface area contributed by atoms with Gasteiger partial charge in [0.15, 0.2) is 18.0 Å². The van der Waals surface area contributed by atoms with Crippen molar-refractivity contribution in [3.8, 4) is 0 Å². The first-order valence-corrected chi connectivity index (χ1v) is 9.42. The van der Waals surface area contributed by atoms with Crippen molar-refractivity contribution in [2.45, 2.75) is 25.1 Å². The topological polar surface area (TPSA) is 72.5 Å². The van der Waals surface area contributed by atoms with Crippen molar-refractivity contribution < 1.29 is 31.1 Å². The van der Waals surface area contributed by atoms with E-state index in [4.69, 9.17) is 11.6 Å². The van der Waals surface area contributed by atoms with E-state index < -0.39 is 72.5 Å². The van der Waals surface area contributed by atoms with Crippen LogP contribution in [0.1, 0.15) is 21.7 Å². The quantitative estimate of drug-likeness (QED) is 0.542. The number of carbonyl (C=O) groups excluding carboxylic acids is 1. The Bertz CT molecular complexity index is 1260. The van der Waals surface area contributed by atoms with Gasteiger partial charge < -0.3 is 4.90 Å². The number of fused-ring (bicyclic) bond motifs is 1. The lowest BCUT2D eigenvalue weighted by Crippen LogP contribution is -2.33. The van der Waals surface area contributed by atoms with Gasteiger partial charge in [-0.05, 0) is 18.2 Å². The number of pyridine rings is 2. The molecule has 14 heteroatoms. The average Bonchev–Trinajstić information content (AvgIpc) is 3.21. The second-order valence-electron chi connectivity index (χ2n) is 7.05. The van der Waals surface area contributed by atoms with Crippen LogP contribution in [-0.2, 0) is 12.7 Å². The molecule has 1 aliphatic rings. The van der Waals surface area contributed by atoms with Crippen molar-refractivity contribution in [1.29, 1.82) is 0 Å². The Morgan fingerprint density at radius 2 is 1.84 bits per heavy atom. The van der Waals surface area contributed by atoms with Crippen LogP contribution in [0.4, 0.5) is 26.3 Å². The molecule has 2 atom stereocenters. The summed E-state index contributed by atoms with van der Waals surface area (Å²) in [4.78, 5) is 30.1. The number of alkyl halides is 5. The SMILES string of the molecule is O=C(c1ccc(C(F)(F)F)c2nn(Cc3ncc(Cl)cc3F)c(=O)n12)N1CC(F)C(F)C1. The van der Waals surface area contributed by atoms with E-state index in [2.05, 4.69) is 10.1 Å². The fourth-order valence-corrected chi connectivity index (χ4v) is 3.50. The van der Waals surface area contributed by atoms with Crippen LogP contribution in [0.2, 0.25) is 5.02 Å². The summed E-state index contributed by atoms with van der Waals surface area (Å²) in [5.74, 6) is -1.97. The molecule has 7 nitrogen and oxygen atoms in total. The second kappa shape index (κ2) is 7.80. The molecule has 0 aromatic carbocycles. The summed E-state index contributed by atoms with van der Waals surface area (Å²) in [5.41, 5.74) is -4.35. The zero-order valence-corrected chi connectivity index (χ0v) is 16.5. The maximum atomic E-state index is 14.1. The number of rotatable bonds is 3. The Kier molecular flexibility index (Phi) is 5.39. The van der Waals surface area contributed by atoms with Crippen LogP contribution >= 0.6 is 11.6 Å². The van der Waals surface area contributed by atoms with Gasteiger partial charge in [-0.15, -0.1) is 5.10 Å². The molecular formula is C18H12ClF6N5O2. The number of likely N-dealkylation sites (tertiary alicyclic amines) is 1. The van der Waals surface area contributed by atoms with Crippen molar-refractivity contribution in [1.82, 2.24) is 24.1 Å². The van der Waals surface area contributed by atoms with Crippen molar-refractivity contribution in [3.63, 3.8) is 0 Å². The highest BCUT2D eigenvalue weighted by Gasteiger charge is 2.39. The Morgan fingerprint density at radius 1 is 1.19 bits per heavy atom. The molecule has 1 saturated heterocycles. The predicted molar refractivity (Wildman–Crippen MR) is 98.5 cm³/mol. The van der Waals surface area contributed by atoms with Gasteiger partial charge in [-0.1, -0.05) is 11.6 Å². The Balaban J connectivity index is 1.86. The standard InChI is InChI=1S/C18H12ClF6N5O2/c19-8-3-10(20)13(26-4-8)7-29-17(32)30-14(16(31)28-5-11(21)12(22)6-28)2-1-9(15(30)27-29)18(23,24)25/h1-4,11-12H,5-7H2. The van der Waals surface area contributed by atoms with E-state index >= 15 is 0 Å². The van der Waals surface area contributed by atoms with Crippen molar-refractivity contribution >= 4 is 23.2 Å². The highest BCUT2D eigenvalue weighted by Crippen LogP contribution is 2.32. The highest BCUT2D eigenvalue weighted by molar-refractivity contribution is 6.30. The maximum absolute atomic E-state index is 14.1. The van der Waals surface area contributed by atoms with Crippen LogP contribution in [0.3, 0.4) is 0 Å². The van der Waals surface area contributed by atoms with Crippen molar-refractivity contribution in [3.05, 3.63) is 62.7 Å². The van der Waals surface area contributed by atoms with E-state index in [1.807, 2.05) is 0 Å². The molecule has 0 saturated carbocycles. The number of carbonyl (C=O) groups is 1. The molecule has 1 amide bonds. The minimum atomic E-state index is -4.94. The Labute approximate surface area is 179 Å². The lowest BCUT2D eigenvalue weighted by atomic mass is 10.2. The number of nitrogens with zero attached hydrogens (tertiary/aromatic N) is 5. The summed E-state index contributed by atoms with van der Waals surface area (Å²) < 4.78 is 82.4. The van der Waals surface area contributed by atoms with Gasteiger partial charge in [0.05, 0.1) is 30.4 Å². The van der Waals surface area contributed by atoms with Crippen LogP contribution in [-0.4, -0.2) is 55.4 Å². The van der Waals surface area contributed by atoms with Crippen molar-refractivity contribution in [2.75, 3.05) is 13.1 Å². The molecule has 0 N–H and O–H groups in total. The number of halogens is 7. The molecule has 0 spiro atoms. The molecule has 4 heterocycles. The fraction of sp³-hybridized carbons (Fsp3) is 0.333. The maximum Gasteiger partial charge on any atom is 0.420 e. The van der Waals surface area contributed by atoms with Gasteiger partial charge in [0, 0.05) is 6.20 Å². The summed E-state index contributed by atoms with van der Waals surface area (Å²) in [6.45, 7) is -1.89. The number of amides is 1. The molecule has 2 unspecified atom stereocenters. The van der Waals surface area contributed by atoms with Crippen LogP contribution in [0.15, 0.2) is 29.2 Å². The first-order valence-electron chi connectivity index (χ1n) is 9.04. The van der Waals surface area contributed by atoms with Gasteiger partial charge in [0.25, 0.3) is 5.91 Å². The molecule has 0 radical (unpaired) electrons. The average molecular weight is 480 g/mol. The Hall–Kier alpha value is -3.09. The van der Waals surface area contributed by atoms with Crippen LogP contribution < -0.4 is 5.69 Å². The predicted octanol–water partition coefficient (Wildman–Crippen LogP) is 2.88. The van der Waals surface area contributed by atoms with Gasteiger partial charge in [-0.2, -0.15) is 13.2 Å². The fourth-order valence-electron chi connectivity index (χ4n) is 3.36. The molecular weight excluding hydrogens is 468 g/mol. The zero-order valence-electron chi connectivity index (χ0n) is 15.8. The number of aromatic nitrogens is 4. The van der Waals surface area contributed by atoms with Crippen molar-refractivity contribution in [2.24, 2.45) is 0 Å². The van der Waals surface area contributed by atoms with Crippen LogP contribution in [0.5, 0.6) is 0 Å². The molecule has 1 fully saturated rings. The molecule has 170 valence electrons. The molecule has 1 aliphatic heterocycles. The summed E-state index contributed by atoms with van der Waals surface area (Å²) in [6.07, 6.45) is -7.78. The summed E-state index contributed by atoms with van der Waals surface area (Å²) in [7, 11) is 0. The summed E-state index contributed by atoms with van der Waals surface area (Å²) in [6, 6.07) is 2.16. The third-order valence-corrected chi connectivity index (χ3v) is 5.11. The van der Waals surface area contributed by atoms with Gasteiger partial charge in [0.1, 0.15) is 17.1 Å². The smallest absolute Gasteiger partial charge is 0.331 e. The monoisotopic (exact) mass is 479 g/mol. The third kappa shape index (κ3) is 3.80. The Morgan fingerprint density at radius 3 is 2.44 bits per heavy atom. The van der Waals surface area contributed by atoms with E-state index in [9.17, 15) is 35.9 Å². The van der Waals surface area contributed by atoms with E-state index in [0.717, 1.165) is 23.2 Å². The number of hydrogen-bond donors (Lipinski definition) is 0. The largest absolute Gasteiger partial charge is 0.420 e. The van der Waals surface area contributed by atoms with E-state index in [1.54, 1.807) is 0 Å². The molecule has 0 aliphatic carbocycles. The van der Waals surface area contributed by atoms with E-state index in [-0.39, 0.29) is 10.7 Å². The molecule has 32 heavy (non-hydrogen) atoms.